The number of aryl methyl sites for hydroxylation is 2. The molecular weight excluding hydrogens is 509 g/mol. The molecule has 0 radical (unpaired) electrons. The Morgan fingerprint density at radius 1 is 1.13 bits per heavy atom. The molecule has 39 heavy (non-hydrogen) atoms. The van der Waals surface area contributed by atoms with Crippen molar-refractivity contribution in [1.29, 1.82) is 0 Å². The van der Waals surface area contributed by atoms with Crippen molar-refractivity contribution in [2.24, 2.45) is 11.8 Å². The Morgan fingerprint density at radius 2 is 1.92 bits per heavy atom. The fraction of sp³-hybridized carbons (Fsp3) is 0.344. The zero-order chi connectivity index (χ0) is 26.8. The molecule has 198 valence electrons. The Morgan fingerprint density at radius 3 is 2.67 bits per heavy atom. The third kappa shape index (κ3) is 3.77. The predicted octanol–water partition coefficient (Wildman–Crippen LogP) is 7.65. The lowest BCUT2D eigenvalue weighted by molar-refractivity contribution is -0.140. The van der Waals surface area contributed by atoms with Gasteiger partial charge in [0.25, 0.3) is 0 Å². The molecule has 2 atom stereocenters. The Balaban J connectivity index is 1.49. The van der Waals surface area contributed by atoms with Crippen LogP contribution in [0.5, 0.6) is 0 Å². The maximum Gasteiger partial charge on any atom is 0.305 e. The number of rotatable bonds is 6. The highest BCUT2D eigenvalue weighted by atomic mass is 32.2. The molecule has 8 rings (SSSR count). The number of benzene rings is 2. The smallest absolute Gasteiger partial charge is 0.305 e. The molecule has 3 heterocycles. The lowest BCUT2D eigenvalue weighted by atomic mass is 9.78. The van der Waals surface area contributed by atoms with Gasteiger partial charge >= 0.3 is 5.97 Å². The maximum atomic E-state index is 16.6. The van der Waals surface area contributed by atoms with Crippen LogP contribution in [0.15, 0.2) is 53.7 Å². The van der Waals surface area contributed by atoms with Crippen molar-refractivity contribution < 1.29 is 13.9 Å². The molecule has 2 aromatic carbocycles. The van der Waals surface area contributed by atoms with E-state index in [1.54, 1.807) is 0 Å². The van der Waals surface area contributed by atoms with E-state index in [-0.39, 0.29) is 11.8 Å². The second-order valence-electron chi connectivity index (χ2n) is 11.0. The number of thioether (sulfide) groups is 1. The second kappa shape index (κ2) is 9.33. The molecule has 7 heteroatoms. The van der Waals surface area contributed by atoms with Gasteiger partial charge in [-0.25, -0.2) is 9.37 Å². The van der Waals surface area contributed by atoms with Gasteiger partial charge < -0.3 is 9.30 Å². The van der Waals surface area contributed by atoms with E-state index in [9.17, 15) is 4.79 Å². The summed E-state index contributed by atoms with van der Waals surface area (Å²) < 4.78 is 23.9. The van der Waals surface area contributed by atoms with Gasteiger partial charge in [-0.15, -0.1) is 11.8 Å². The van der Waals surface area contributed by atoms with Crippen LogP contribution in [0, 0.1) is 24.6 Å². The molecule has 5 aromatic rings. The first-order chi connectivity index (χ1) is 19.0. The van der Waals surface area contributed by atoms with Gasteiger partial charge in [-0.05, 0) is 79.2 Å². The van der Waals surface area contributed by atoms with Crippen LogP contribution in [0.2, 0.25) is 0 Å². The molecule has 3 saturated carbocycles. The summed E-state index contributed by atoms with van der Waals surface area (Å²) in [6, 6.07) is 14.7. The average molecular weight is 540 g/mol. The summed E-state index contributed by atoms with van der Waals surface area (Å²) >= 11 is 1.53. The fourth-order valence-electron chi connectivity index (χ4n) is 7.09. The average Bonchev–Trinajstić information content (AvgIpc) is 3.67. The standard InChI is InChI=1S/C32H30FN3O2S/c1-17-12-18-6-4-5-7-22(18)23(13-17)28-27(33)29-25(16-34-28)31-24(32(35-29)39-3)15-21(10-11-26(37)38-2)36(31)30-19-8-9-20(30)14-19/h4-7,12-13,15-16,19-20,30H,8-11,14H2,1-3H3. The number of carbonyl (C=O) groups is 1. The van der Waals surface area contributed by atoms with Crippen LogP contribution in [-0.2, 0) is 16.0 Å². The summed E-state index contributed by atoms with van der Waals surface area (Å²) in [6.45, 7) is 2.03. The quantitative estimate of drug-likeness (QED) is 0.164. The molecule has 2 bridgehead atoms. The Kier molecular flexibility index (Phi) is 5.88. The van der Waals surface area contributed by atoms with Gasteiger partial charge in [0.05, 0.1) is 19.0 Å². The van der Waals surface area contributed by atoms with Gasteiger partial charge in [-0.2, -0.15) is 0 Å². The molecule has 0 spiro atoms. The van der Waals surface area contributed by atoms with Crippen LogP contribution in [0.1, 0.15) is 43.0 Å². The first-order valence-electron chi connectivity index (χ1n) is 13.6. The van der Waals surface area contributed by atoms with Gasteiger partial charge in [0.15, 0.2) is 5.82 Å². The highest BCUT2D eigenvalue weighted by molar-refractivity contribution is 7.98. The summed E-state index contributed by atoms with van der Waals surface area (Å²) in [6.07, 6.45) is 8.38. The number of hydrogen-bond donors (Lipinski definition) is 0. The molecular formula is C32H30FN3O2S. The summed E-state index contributed by atoms with van der Waals surface area (Å²) in [7, 11) is 1.43. The number of esters is 1. The highest BCUT2D eigenvalue weighted by Crippen LogP contribution is 2.58. The van der Waals surface area contributed by atoms with E-state index < -0.39 is 0 Å². The maximum absolute atomic E-state index is 16.6. The molecule has 0 amide bonds. The van der Waals surface area contributed by atoms with Crippen molar-refractivity contribution in [2.45, 2.75) is 50.1 Å². The highest BCUT2D eigenvalue weighted by Gasteiger charge is 2.48. The largest absolute Gasteiger partial charge is 0.469 e. The molecule has 3 fully saturated rings. The first kappa shape index (κ1) is 24.6. The topological polar surface area (TPSA) is 57.0 Å². The monoisotopic (exact) mass is 539 g/mol. The van der Waals surface area contributed by atoms with Crippen molar-refractivity contribution in [3.8, 4) is 11.3 Å². The molecule has 3 aliphatic rings. The van der Waals surface area contributed by atoms with E-state index in [2.05, 4.69) is 16.7 Å². The number of aromatic nitrogens is 3. The Bertz CT molecular complexity index is 1780. The van der Waals surface area contributed by atoms with Crippen LogP contribution in [0.3, 0.4) is 0 Å². The first-order valence-corrected chi connectivity index (χ1v) is 14.8. The lowest BCUT2D eigenvalue weighted by Crippen LogP contribution is -2.32. The fourth-order valence-corrected chi connectivity index (χ4v) is 7.64. The van der Waals surface area contributed by atoms with Crippen LogP contribution in [0.4, 0.5) is 4.39 Å². The molecule has 0 N–H and O–H groups in total. The van der Waals surface area contributed by atoms with Gasteiger partial charge in [0.1, 0.15) is 16.2 Å². The number of ether oxygens (including phenoxy) is 1. The van der Waals surface area contributed by atoms with Crippen LogP contribution < -0.4 is 0 Å². The van der Waals surface area contributed by atoms with E-state index in [1.165, 1.54) is 38.1 Å². The third-order valence-electron chi connectivity index (χ3n) is 8.85. The Labute approximate surface area is 230 Å². The van der Waals surface area contributed by atoms with Crippen LogP contribution in [0.25, 0.3) is 43.8 Å². The van der Waals surface area contributed by atoms with Crippen molar-refractivity contribution in [3.63, 3.8) is 0 Å². The molecule has 3 aliphatic carbocycles. The normalized spacial score (nSPS) is 20.2. The second-order valence-corrected chi connectivity index (χ2v) is 11.8. The van der Waals surface area contributed by atoms with Gasteiger partial charge in [-0.3, -0.25) is 9.78 Å². The number of methoxy groups -OCH3 is 1. The number of carbonyl (C=O) groups excluding carboxylic acids is 1. The lowest BCUT2D eigenvalue weighted by Gasteiger charge is -2.39. The molecule has 0 aliphatic heterocycles. The minimum absolute atomic E-state index is 0.223. The summed E-state index contributed by atoms with van der Waals surface area (Å²) in [4.78, 5) is 21.7. The van der Waals surface area contributed by atoms with Crippen LogP contribution >= 0.6 is 11.8 Å². The van der Waals surface area contributed by atoms with E-state index >= 15 is 4.39 Å². The molecule has 3 aromatic heterocycles. The van der Waals surface area contributed by atoms with Crippen molar-refractivity contribution in [2.75, 3.05) is 13.4 Å². The van der Waals surface area contributed by atoms with E-state index in [1.807, 2.05) is 49.7 Å². The van der Waals surface area contributed by atoms with Gasteiger partial charge in [0, 0.05) is 34.3 Å². The number of halogens is 1. The van der Waals surface area contributed by atoms with Crippen molar-refractivity contribution >= 4 is 50.3 Å². The molecule has 0 saturated heterocycles. The van der Waals surface area contributed by atoms with Gasteiger partial charge in [-0.1, -0.05) is 30.3 Å². The van der Waals surface area contributed by atoms with Gasteiger partial charge in [0.2, 0.25) is 0 Å². The van der Waals surface area contributed by atoms with E-state index in [4.69, 9.17) is 14.7 Å². The summed E-state index contributed by atoms with van der Waals surface area (Å²) in [5.74, 6) is 0.637. The van der Waals surface area contributed by atoms with E-state index in [0.717, 1.165) is 48.9 Å². The molecule has 2 unspecified atom stereocenters. The van der Waals surface area contributed by atoms with Crippen molar-refractivity contribution in [3.05, 3.63) is 65.7 Å². The van der Waals surface area contributed by atoms with Crippen LogP contribution in [-0.4, -0.2) is 33.9 Å². The summed E-state index contributed by atoms with van der Waals surface area (Å²) in [5, 5.41) is 4.58. The van der Waals surface area contributed by atoms with Crippen molar-refractivity contribution in [1.82, 2.24) is 14.5 Å². The number of pyridine rings is 2. The minimum atomic E-state index is -0.388. The van der Waals surface area contributed by atoms with E-state index in [0.29, 0.717) is 41.9 Å². The summed E-state index contributed by atoms with van der Waals surface area (Å²) in [5.41, 5.74) is 4.61. The zero-order valence-corrected chi connectivity index (χ0v) is 23.1. The molecule has 5 nitrogen and oxygen atoms in total. The third-order valence-corrected chi connectivity index (χ3v) is 9.55. The minimum Gasteiger partial charge on any atom is -0.469 e. The predicted molar refractivity (Wildman–Crippen MR) is 155 cm³/mol. The zero-order valence-electron chi connectivity index (χ0n) is 22.3. The Hall–Kier alpha value is -3.45. The number of hydrogen-bond acceptors (Lipinski definition) is 5. The number of nitrogens with zero attached hydrogens (tertiary/aromatic N) is 3. The number of fused-ring (bicyclic) bond motifs is 5. The SMILES string of the molecule is COC(=O)CCc1cc2c(SC)nc3c(F)c(-c4cc(C)cc5ccccc45)ncc3c2n1C1C2CCC1C2.